The van der Waals surface area contributed by atoms with E-state index >= 15 is 0 Å². The molecule has 1 aliphatic rings. The predicted octanol–water partition coefficient (Wildman–Crippen LogP) is 2.87. The van der Waals surface area contributed by atoms with Crippen LogP contribution in [0.2, 0.25) is 5.28 Å². The molecule has 1 aromatic heterocycles. The van der Waals surface area contributed by atoms with Gasteiger partial charge in [-0.05, 0) is 22.7 Å². The average molecular weight is 249 g/mol. The normalized spacial score (nSPS) is 11.9. The minimum absolute atomic E-state index is 0.0777. The minimum atomic E-state index is -0.513. The fourth-order valence-corrected chi connectivity index (χ4v) is 1.67. The van der Waals surface area contributed by atoms with Crippen molar-refractivity contribution < 1.29 is 9.13 Å². The van der Waals surface area contributed by atoms with E-state index in [4.69, 9.17) is 16.3 Å². The molecule has 82 valence electrons. The Morgan fingerprint density at radius 3 is 3.06 bits per heavy atom. The second-order valence-corrected chi connectivity index (χ2v) is 3.66. The van der Waals surface area contributed by atoms with Gasteiger partial charge >= 0.3 is 12.2 Å². The highest BCUT2D eigenvalue weighted by atomic mass is 35.5. The van der Waals surface area contributed by atoms with Crippen LogP contribution in [0, 0.1) is 5.82 Å². The Bertz CT molecular complexity index is 630. The second kappa shape index (κ2) is 3.73. The molecule has 0 bridgehead atoms. The first-order valence-electron chi connectivity index (χ1n) is 4.69. The van der Waals surface area contributed by atoms with Crippen molar-refractivity contribution in [3.8, 4) is 17.0 Å². The van der Waals surface area contributed by atoms with Gasteiger partial charge in [-0.1, -0.05) is 0 Å². The van der Waals surface area contributed by atoms with Crippen LogP contribution in [0.3, 0.4) is 0 Å². The van der Waals surface area contributed by atoms with Crippen LogP contribution in [0.15, 0.2) is 29.4 Å². The maximum Gasteiger partial charge on any atom is 0.371 e. The fraction of sp³-hybridized carbons (Fsp3) is 0. The molecule has 17 heavy (non-hydrogen) atoms. The zero-order chi connectivity index (χ0) is 11.8. The molecule has 0 aliphatic carbocycles. The molecule has 2 heterocycles. The molecule has 0 spiro atoms. The van der Waals surface area contributed by atoms with Crippen molar-refractivity contribution in [2.24, 2.45) is 4.99 Å². The number of hydrogen-bond donors (Lipinski definition) is 0. The topological polar surface area (TPSA) is 47.4 Å². The number of fused-ring (bicyclic) bond motifs is 1. The summed E-state index contributed by atoms with van der Waals surface area (Å²) in [5, 5.41) is 0.106. The number of aliphatic imine (C=N–C) groups is 1. The summed E-state index contributed by atoms with van der Waals surface area (Å²) in [5.74, 6) is -0.435. The van der Waals surface area contributed by atoms with Crippen molar-refractivity contribution in [3.05, 3.63) is 35.5 Å². The highest BCUT2D eigenvalue weighted by molar-refractivity contribution is 6.28. The van der Waals surface area contributed by atoms with Gasteiger partial charge in [0.15, 0.2) is 0 Å². The first kappa shape index (κ1) is 10.1. The Balaban J connectivity index is 2.16. The summed E-state index contributed by atoms with van der Waals surface area (Å²) in [6, 6.07) is 4.59. The number of ether oxygens (including phenoxy) is 1. The van der Waals surface area contributed by atoms with E-state index in [0.717, 1.165) is 0 Å². The summed E-state index contributed by atoms with van der Waals surface area (Å²) in [4.78, 5) is 11.5. The van der Waals surface area contributed by atoms with Gasteiger partial charge in [-0.25, -0.2) is 14.7 Å². The van der Waals surface area contributed by atoms with E-state index in [9.17, 15) is 4.39 Å². The third-order valence-electron chi connectivity index (χ3n) is 2.26. The smallest absolute Gasteiger partial charge is 0.248 e. The van der Waals surface area contributed by atoms with E-state index < -0.39 is 5.82 Å². The van der Waals surface area contributed by atoms with Gasteiger partial charge in [0.2, 0.25) is 11.1 Å². The maximum absolute atomic E-state index is 13.6. The molecule has 0 fully saturated rings. The lowest BCUT2D eigenvalue weighted by Crippen LogP contribution is -1.90. The van der Waals surface area contributed by atoms with Crippen molar-refractivity contribution in [3.63, 3.8) is 0 Å². The van der Waals surface area contributed by atoms with Crippen molar-refractivity contribution in [2.75, 3.05) is 0 Å². The SMILES string of the molecule is Fc1cc(-c2ccnc(Cl)n2)cc2c1O[C+]=N2. The van der Waals surface area contributed by atoms with E-state index in [-0.39, 0.29) is 11.0 Å². The lowest BCUT2D eigenvalue weighted by molar-refractivity contribution is 0.518. The molecule has 4 nitrogen and oxygen atoms in total. The third kappa shape index (κ3) is 1.71. The summed E-state index contributed by atoms with van der Waals surface area (Å²) < 4.78 is 18.4. The first-order chi connectivity index (χ1) is 8.24. The molecule has 0 radical (unpaired) electrons. The van der Waals surface area contributed by atoms with Crippen LogP contribution in [0.25, 0.3) is 11.3 Å². The van der Waals surface area contributed by atoms with E-state index in [1.807, 2.05) is 0 Å². The molecule has 0 saturated heterocycles. The van der Waals surface area contributed by atoms with Crippen LogP contribution in [-0.4, -0.2) is 16.4 Å². The Morgan fingerprint density at radius 1 is 1.35 bits per heavy atom. The Kier molecular flexibility index (Phi) is 2.21. The van der Waals surface area contributed by atoms with Gasteiger partial charge in [0.1, 0.15) is 0 Å². The van der Waals surface area contributed by atoms with Gasteiger partial charge in [-0.2, -0.15) is 4.39 Å². The number of halogens is 2. The van der Waals surface area contributed by atoms with E-state index in [1.54, 1.807) is 12.1 Å². The van der Waals surface area contributed by atoms with Crippen molar-refractivity contribution in [2.45, 2.75) is 0 Å². The average Bonchev–Trinajstić information content (AvgIpc) is 2.77. The first-order valence-corrected chi connectivity index (χ1v) is 5.07. The second-order valence-electron chi connectivity index (χ2n) is 3.32. The van der Waals surface area contributed by atoms with Crippen LogP contribution >= 0.6 is 11.6 Å². The van der Waals surface area contributed by atoms with Crippen LogP contribution in [0.5, 0.6) is 5.75 Å². The number of benzene rings is 1. The van der Waals surface area contributed by atoms with Crippen LogP contribution < -0.4 is 4.74 Å². The number of hydrogen-bond acceptors (Lipinski definition) is 4. The number of nitrogens with zero attached hydrogens (tertiary/aromatic N) is 3. The molecule has 6 heteroatoms. The van der Waals surface area contributed by atoms with Gasteiger partial charge < -0.3 is 0 Å². The monoisotopic (exact) mass is 248 g/mol. The molecular formula is C11H4ClFN3O+. The van der Waals surface area contributed by atoms with Gasteiger partial charge in [-0.3, -0.25) is 0 Å². The Labute approximate surface area is 101 Å². The zero-order valence-electron chi connectivity index (χ0n) is 8.32. The molecule has 0 saturated carbocycles. The lowest BCUT2D eigenvalue weighted by atomic mass is 10.1. The summed E-state index contributed by atoms with van der Waals surface area (Å²) in [5.41, 5.74) is 1.46. The van der Waals surface area contributed by atoms with Crippen LogP contribution in [0.1, 0.15) is 0 Å². The highest BCUT2D eigenvalue weighted by Gasteiger charge is 2.28. The van der Waals surface area contributed by atoms with Gasteiger partial charge in [0, 0.05) is 23.9 Å². The Morgan fingerprint density at radius 2 is 2.24 bits per heavy atom. The molecule has 1 aromatic carbocycles. The summed E-state index contributed by atoms with van der Waals surface area (Å²) in [7, 11) is 0. The lowest BCUT2D eigenvalue weighted by Gasteiger charge is -1.99. The Hall–Kier alpha value is -2.10. The standard InChI is InChI=1S/C11H4ClFN3O/c12-11-14-2-1-8(16-11)6-3-7(13)10-9(4-6)15-5-17-10/h1-4H/q+1. The molecule has 0 N–H and O–H groups in total. The van der Waals surface area contributed by atoms with Crippen molar-refractivity contribution in [1.82, 2.24) is 9.97 Å². The van der Waals surface area contributed by atoms with Gasteiger partial charge in [-0.15, -0.1) is 0 Å². The highest BCUT2D eigenvalue weighted by Crippen LogP contribution is 2.37. The van der Waals surface area contributed by atoms with Gasteiger partial charge in [0.25, 0.3) is 5.69 Å². The molecular weight excluding hydrogens is 245 g/mol. The van der Waals surface area contributed by atoms with Crippen LogP contribution in [-0.2, 0) is 0 Å². The summed E-state index contributed by atoms with van der Waals surface area (Å²) >= 11 is 5.68. The number of rotatable bonds is 1. The summed E-state index contributed by atoms with van der Waals surface area (Å²) in [6.45, 7) is 0. The van der Waals surface area contributed by atoms with E-state index in [0.29, 0.717) is 16.9 Å². The quantitative estimate of drug-likeness (QED) is 0.576. The molecule has 1 aliphatic heterocycles. The van der Waals surface area contributed by atoms with E-state index in [1.165, 1.54) is 12.3 Å². The fourth-order valence-electron chi connectivity index (χ4n) is 1.52. The largest absolute Gasteiger partial charge is 0.371 e. The van der Waals surface area contributed by atoms with Crippen LogP contribution in [0.4, 0.5) is 10.1 Å². The third-order valence-corrected chi connectivity index (χ3v) is 2.44. The van der Waals surface area contributed by atoms with E-state index in [2.05, 4.69) is 21.4 Å². The predicted molar refractivity (Wildman–Crippen MR) is 60.2 cm³/mol. The molecule has 0 atom stereocenters. The molecule has 2 aromatic rings. The minimum Gasteiger partial charge on any atom is -0.248 e. The van der Waals surface area contributed by atoms with Crippen molar-refractivity contribution in [1.29, 1.82) is 0 Å². The maximum atomic E-state index is 13.6. The molecule has 0 amide bonds. The summed E-state index contributed by atoms with van der Waals surface area (Å²) in [6.07, 6.45) is 3.75. The molecule has 3 rings (SSSR count). The molecule has 0 unspecified atom stereocenters. The van der Waals surface area contributed by atoms with Gasteiger partial charge in [0.05, 0.1) is 5.69 Å². The zero-order valence-corrected chi connectivity index (χ0v) is 9.07. The van der Waals surface area contributed by atoms with Crippen molar-refractivity contribution >= 4 is 23.7 Å². The number of aromatic nitrogens is 2.